The molecule has 0 N–H and O–H groups in total. The molecule has 172 valence electrons. The Labute approximate surface area is 207 Å². The minimum Gasteiger partial charge on any atom is -0.0728 e. The molecule has 0 aliphatic heterocycles. The van der Waals surface area contributed by atoms with E-state index in [9.17, 15) is 0 Å². The molecule has 4 rings (SSSR count). The molecule has 0 saturated heterocycles. The maximum atomic E-state index is 2.40. The Hall–Kier alpha value is -3.06. The summed E-state index contributed by atoms with van der Waals surface area (Å²) in [5, 5.41) is 0. The first-order chi connectivity index (χ1) is 16.4. The van der Waals surface area contributed by atoms with Crippen molar-refractivity contribution in [3.63, 3.8) is 0 Å². The van der Waals surface area contributed by atoms with Crippen molar-refractivity contribution in [1.29, 1.82) is 0 Å². The van der Waals surface area contributed by atoms with E-state index in [1.807, 2.05) is 0 Å². The molecular formula is C33H37B. The van der Waals surface area contributed by atoms with E-state index in [-0.39, 0.29) is 0 Å². The third-order valence-electron chi connectivity index (χ3n) is 7.48. The van der Waals surface area contributed by atoms with E-state index in [2.05, 4.69) is 120 Å². The lowest BCUT2D eigenvalue weighted by molar-refractivity contribution is 0.733. The fourth-order valence-corrected chi connectivity index (χ4v) is 5.15. The van der Waals surface area contributed by atoms with Gasteiger partial charge in [-0.1, -0.05) is 126 Å². The summed E-state index contributed by atoms with van der Waals surface area (Å²) in [5.41, 5.74) is 15.3. The number of hydrogen-bond acceptors (Lipinski definition) is 0. The highest BCUT2D eigenvalue weighted by molar-refractivity contribution is 6.69. The quantitative estimate of drug-likeness (QED) is 0.267. The lowest BCUT2D eigenvalue weighted by Crippen LogP contribution is -2.34. The van der Waals surface area contributed by atoms with Crippen LogP contribution >= 0.6 is 0 Å². The second-order valence-electron chi connectivity index (χ2n) is 10.1. The van der Waals surface area contributed by atoms with Gasteiger partial charge in [-0.25, -0.2) is 0 Å². The van der Waals surface area contributed by atoms with Crippen LogP contribution in [-0.2, 0) is 6.42 Å². The maximum Gasteiger partial charge on any atom is 0.193 e. The fourth-order valence-electron chi connectivity index (χ4n) is 5.15. The van der Waals surface area contributed by atoms with E-state index < -0.39 is 0 Å². The van der Waals surface area contributed by atoms with Gasteiger partial charge in [0.15, 0.2) is 7.28 Å². The predicted molar refractivity (Wildman–Crippen MR) is 152 cm³/mol. The van der Waals surface area contributed by atoms with Crippen molar-refractivity contribution < 1.29 is 0 Å². The number of hydrogen-bond donors (Lipinski definition) is 0. The number of benzene rings is 4. The van der Waals surface area contributed by atoms with Crippen molar-refractivity contribution in [2.45, 2.75) is 60.3 Å². The minimum atomic E-state index is 0.631. The Balaban J connectivity index is 1.56. The van der Waals surface area contributed by atoms with Crippen LogP contribution < -0.4 is 10.9 Å². The van der Waals surface area contributed by atoms with Crippen LogP contribution in [0.5, 0.6) is 0 Å². The molecule has 0 aromatic heterocycles. The highest BCUT2D eigenvalue weighted by atomic mass is 14.1. The zero-order valence-corrected chi connectivity index (χ0v) is 21.7. The van der Waals surface area contributed by atoms with Gasteiger partial charge >= 0.3 is 0 Å². The summed E-state index contributed by atoms with van der Waals surface area (Å²) in [6, 6.07) is 29.4. The third-order valence-corrected chi connectivity index (χ3v) is 7.48. The van der Waals surface area contributed by atoms with Crippen LogP contribution in [0.4, 0.5) is 0 Å². The molecule has 34 heavy (non-hydrogen) atoms. The smallest absolute Gasteiger partial charge is 0.0728 e. The summed E-state index contributed by atoms with van der Waals surface area (Å²) in [4.78, 5) is 0. The SMILES string of the molecule is CCC(C)c1ccc(Cc2cc(C)c(Bc3c(C)cc(-c4ccccc4)cc3C)c(C)c2)cc1. The van der Waals surface area contributed by atoms with Gasteiger partial charge in [-0.05, 0) is 74.3 Å². The zero-order chi connectivity index (χ0) is 24.2. The summed E-state index contributed by atoms with van der Waals surface area (Å²) < 4.78 is 0. The van der Waals surface area contributed by atoms with Crippen LogP contribution in [0.1, 0.15) is 65.1 Å². The van der Waals surface area contributed by atoms with Gasteiger partial charge in [-0.15, -0.1) is 0 Å². The summed E-state index contributed by atoms with van der Waals surface area (Å²) in [6.45, 7) is 13.6. The first-order valence-electron chi connectivity index (χ1n) is 12.7. The van der Waals surface area contributed by atoms with Gasteiger partial charge in [0.1, 0.15) is 0 Å². The van der Waals surface area contributed by atoms with Crippen molar-refractivity contribution in [3.8, 4) is 11.1 Å². The van der Waals surface area contributed by atoms with E-state index in [4.69, 9.17) is 0 Å². The van der Waals surface area contributed by atoms with Gasteiger partial charge in [0.2, 0.25) is 0 Å². The van der Waals surface area contributed by atoms with Crippen LogP contribution in [0.2, 0.25) is 0 Å². The van der Waals surface area contributed by atoms with Crippen molar-refractivity contribution >= 4 is 18.2 Å². The van der Waals surface area contributed by atoms with E-state index >= 15 is 0 Å². The number of aryl methyl sites for hydroxylation is 4. The molecule has 0 saturated carbocycles. The highest BCUT2D eigenvalue weighted by Gasteiger charge is 2.13. The van der Waals surface area contributed by atoms with Crippen LogP contribution in [-0.4, -0.2) is 7.28 Å². The van der Waals surface area contributed by atoms with Crippen LogP contribution in [0, 0.1) is 27.7 Å². The number of rotatable bonds is 7. The van der Waals surface area contributed by atoms with E-state index in [0.29, 0.717) is 5.92 Å². The molecule has 1 unspecified atom stereocenters. The average Bonchev–Trinajstić information content (AvgIpc) is 2.83. The second-order valence-corrected chi connectivity index (χ2v) is 10.1. The Morgan fingerprint density at radius 2 is 1.15 bits per heavy atom. The predicted octanol–water partition coefficient (Wildman–Crippen LogP) is 7.08. The largest absolute Gasteiger partial charge is 0.193 e. The van der Waals surface area contributed by atoms with Gasteiger partial charge < -0.3 is 0 Å². The zero-order valence-electron chi connectivity index (χ0n) is 21.7. The molecule has 4 aromatic carbocycles. The van der Waals surface area contributed by atoms with Gasteiger partial charge in [-0.3, -0.25) is 0 Å². The summed E-state index contributed by atoms with van der Waals surface area (Å²) in [6.07, 6.45) is 2.18. The summed E-state index contributed by atoms with van der Waals surface area (Å²) >= 11 is 0. The summed E-state index contributed by atoms with van der Waals surface area (Å²) in [7, 11) is 0.994. The van der Waals surface area contributed by atoms with E-state index in [1.54, 1.807) is 0 Å². The van der Waals surface area contributed by atoms with Crippen molar-refractivity contribution in [1.82, 2.24) is 0 Å². The molecule has 0 spiro atoms. The molecule has 0 amide bonds. The van der Waals surface area contributed by atoms with Gasteiger partial charge in [0, 0.05) is 0 Å². The van der Waals surface area contributed by atoms with Crippen LogP contribution in [0.25, 0.3) is 11.1 Å². The standard InChI is InChI=1S/C33H37B/c1-7-22(2)29-15-13-27(14-16-29)21-28-17-23(3)32(24(4)18-28)34-33-25(5)19-31(20-26(33)6)30-11-9-8-10-12-30/h8-20,22,34H,7,21H2,1-6H3. The van der Waals surface area contributed by atoms with Gasteiger partial charge in [-0.2, -0.15) is 0 Å². The molecule has 4 aromatic rings. The normalized spacial score (nSPS) is 11.9. The molecule has 1 heteroatoms. The third kappa shape index (κ3) is 5.36. The first-order valence-corrected chi connectivity index (χ1v) is 12.7. The Morgan fingerprint density at radius 3 is 1.68 bits per heavy atom. The molecule has 0 aliphatic rings. The molecule has 0 aliphatic carbocycles. The molecule has 0 nitrogen and oxygen atoms in total. The lowest BCUT2D eigenvalue weighted by Gasteiger charge is -2.17. The van der Waals surface area contributed by atoms with Crippen molar-refractivity contribution in [3.05, 3.63) is 118 Å². The molecule has 1 atom stereocenters. The molecular weight excluding hydrogens is 407 g/mol. The van der Waals surface area contributed by atoms with E-state index in [0.717, 1.165) is 13.7 Å². The molecule has 0 fully saturated rings. The lowest BCUT2D eigenvalue weighted by atomic mass is 9.58. The topological polar surface area (TPSA) is 0 Å². The Kier molecular flexibility index (Phi) is 7.42. The first kappa shape index (κ1) is 24.1. The van der Waals surface area contributed by atoms with Gasteiger partial charge in [0.05, 0.1) is 0 Å². The Bertz CT molecular complexity index is 1220. The van der Waals surface area contributed by atoms with Crippen molar-refractivity contribution in [2.75, 3.05) is 0 Å². The van der Waals surface area contributed by atoms with Gasteiger partial charge in [0.25, 0.3) is 0 Å². The van der Waals surface area contributed by atoms with Crippen LogP contribution in [0.15, 0.2) is 78.9 Å². The minimum absolute atomic E-state index is 0.631. The monoisotopic (exact) mass is 444 g/mol. The highest BCUT2D eigenvalue weighted by Crippen LogP contribution is 2.22. The second kappa shape index (κ2) is 10.5. The Morgan fingerprint density at radius 1 is 0.618 bits per heavy atom. The van der Waals surface area contributed by atoms with Crippen molar-refractivity contribution in [2.24, 2.45) is 0 Å². The molecule has 0 bridgehead atoms. The molecule has 0 heterocycles. The van der Waals surface area contributed by atoms with E-state index in [1.165, 1.54) is 67.4 Å². The molecule has 0 radical (unpaired) electrons. The average molecular weight is 444 g/mol. The summed E-state index contributed by atoms with van der Waals surface area (Å²) in [5.74, 6) is 0.631. The maximum absolute atomic E-state index is 2.40. The van der Waals surface area contributed by atoms with Crippen LogP contribution in [0.3, 0.4) is 0 Å². The fraction of sp³-hybridized carbons (Fsp3) is 0.273.